The number of rotatable bonds is 6. The lowest BCUT2D eigenvalue weighted by molar-refractivity contribution is 0.191. The first-order valence-corrected chi connectivity index (χ1v) is 4.96. The van der Waals surface area contributed by atoms with E-state index in [2.05, 4.69) is 5.10 Å². The van der Waals surface area contributed by atoms with Crippen LogP contribution in [0.1, 0.15) is 18.4 Å². The summed E-state index contributed by atoms with van der Waals surface area (Å²) in [5.74, 6) is 0.540. The minimum absolute atomic E-state index is 0.540. The molecule has 4 heteroatoms. The topological polar surface area (TPSA) is 27.1 Å². The van der Waals surface area contributed by atoms with Crippen LogP contribution in [0.3, 0.4) is 0 Å². The Morgan fingerprint density at radius 3 is 3.00 bits per heavy atom. The van der Waals surface area contributed by atoms with E-state index in [-0.39, 0.29) is 0 Å². The van der Waals surface area contributed by atoms with E-state index >= 15 is 0 Å². The summed E-state index contributed by atoms with van der Waals surface area (Å²) in [7, 11) is 1.72. The predicted octanol–water partition coefficient (Wildman–Crippen LogP) is 2.05. The average Bonchev–Trinajstić information content (AvgIpc) is 2.60. The molecule has 74 valence electrons. The van der Waals surface area contributed by atoms with Gasteiger partial charge in [0.05, 0.1) is 12.1 Å². The number of ether oxygens (including phenoxy) is 1. The third kappa shape index (κ3) is 3.79. The van der Waals surface area contributed by atoms with Gasteiger partial charge in [0.15, 0.2) is 0 Å². The number of hydrogen-bond donors (Lipinski definition) is 0. The highest BCUT2D eigenvalue weighted by Gasteiger charge is 1.96. The lowest BCUT2D eigenvalue weighted by Gasteiger charge is -2.00. The van der Waals surface area contributed by atoms with Gasteiger partial charge in [-0.25, -0.2) is 0 Å². The summed E-state index contributed by atoms with van der Waals surface area (Å²) < 4.78 is 6.88. The Bertz CT molecular complexity index is 237. The van der Waals surface area contributed by atoms with Gasteiger partial charge in [-0.3, -0.25) is 4.68 Å². The molecule has 0 aromatic carbocycles. The van der Waals surface area contributed by atoms with Crippen molar-refractivity contribution in [2.45, 2.75) is 25.3 Å². The Kier molecular flexibility index (Phi) is 4.86. The van der Waals surface area contributed by atoms with Crippen LogP contribution in [-0.4, -0.2) is 23.5 Å². The van der Waals surface area contributed by atoms with Crippen molar-refractivity contribution in [2.24, 2.45) is 0 Å². The number of halogens is 1. The van der Waals surface area contributed by atoms with Gasteiger partial charge in [0.25, 0.3) is 0 Å². The molecule has 0 aliphatic heterocycles. The SMILES string of the molecule is COCCCCn1cc(CCl)cn1. The van der Waals surface area contributed by atoms with Gasteiger partial charge in [-0.15, -0.1) is 11.6 Å². The summed E-state index contributed by atoms with van der Waals surface area (Å²) >= 11 is 5.65. The second kappa shape index (κ2) is 6.00. The van der Waals surface area contributed by atoms with Gasteiger partial charge in [0, 0.05) is 32.0 Å². The first-order chi connectivity index (χ1) is 6.36. The largest absolute Gasteiger partial charge is 0.385 e. The Hall–Kier alpha value is -0.540. The molecule has 13 heavy (non-hydrogen) atoms. The van der Waals surface area contributed by atoms with E-state index in [1.807, 2.05) is 17.1 Å². The standard InChI is InChI=1S/C9H15ClN2O/c1-13-5-3-2-4-12-8-9(6-10)7-11-12/h7-8H,2-6H2,1H3. The molecule has 0 aliphatic carbocycles. The zero-order valence-electron chi connectivity index (χ0n) is 7.87. The Morgan fingerprint density at radius 2 is 2.38 bits per heavy atom. The maximum Gasteiger partial charge on any atom is 0.0533 e. The number of alkyl halides is 1. The summed E-state index contributed by atoms with van der Waals surface area (Å²) in [6, 6.07) is 0. The molecule has 0 spiro atoms. The molecule has 0 N–H and O–H groups in total. The molecule has 1 rings (SSSR count). The van der Waals surface area contributed by atoms with Crippen molar-refractivity contribution in [1.82, 2.24) is 9.78 Å². The van der Waals surface area contributed by atoms with E-state index in [9.17, 15) is 0 Å². The molecule has 0 bridgehead atoms. The fourth-order valence-corrected chi connectivity index (χ4v) is 1.26. The summed E-state index contributed by atoms with van der Waals surface area (Å²) in [5.41, 5.74) is 1.08. The van der Waals surface area contributed by atoms with E-state index in [0.717, 1.165) is 31.6 Å². The molecule has 1 aromatic rings. The first-order valence-electron chi connectivity index (χ1n) is 4.43. The lowest BCUT2D eigenvalue weighted by Crippen LogP contribution is -1.99. The zero-order valence-corrected chi connectivity index (χ0v) is 8.63. The van der Waals surface area contributed by atoms with E-state index < -0.39 is 0 Å². The molecule has 1 aromatic heterocycles. The van der Waals surface area contributed by atoms with Crippen LogP contribution in [0.15, 0.2) is 12.4 Å². The van der Waals surface area contributed by atoms with E-state index in [1.165, 1.54) is 0 Å². The van der Waals surface area contributed by atoms with Crippen LogP contribution in [0, 0.1) is 0 Å². The molecular weight excluding hydrogens is 188 g/mol. The maximum absolute atomic E-state index is 5.65. The molecule has 0 saturated heterocycles. The van der Waals surface area contributed by atoms with Gasteiger partial charge in [-0.1, -0.05) is 0 Å². The Morgan fingerprint density at radius 1 is 1.54 bits per heavy atom. The normalized spacial score (nSPS) is 10.6. The molecular formula is C9H15ClN2O. The quantitative estimate of drug-likeness (QED) is 0.522. The van der Waals surface area contributed by atoms with Crippen molar-refractivity contribution in [1.29, 1.82) is 0 Å². The highest BCUT2D eigenvalue weighted by Crippen LogP contribution is 2.02. The second-order valence-electron chi connectivity index (χ2n) is 2.95. The highest BCUT2D eigenvalue weighted by atomic mass is 35.5. The van der Waals surface area contributed by atoms with Gasteiger partial charge in [0.1, 0.15) is 0 Å². The number of nitrogens with zero attached hydrogens (tertiary/aromatic N) is 2. The second-order valence-corrected chi connectivity index (χ2v) is 3.21. The fraction of sp³-hybridized carbons (Fsp3) is 0.667. The number of unbranched alkanes of at least 4 members (excludes halogenated alkanes) is 1. The smallest absolute Gasteiger partial charge is 0.0533 e. The van der Waals surface area contributed by atoms with Crippen LogP contribution < -0.4 is 0 Å². The molecule has 0 aliphatic rings. The average molecular weight is 203 g/mol. The van der Waals surface area contributed by atoms with Crippen LogP contribution in [0.25, 0.3) is 0 Å². The van der Waals surface area contributed by atoms with Crippen molar-refractivity contribution in [3.05, 3.63) is 18.0 Å². The minimum atomic E-state index is 0.540. The third-order valence-electron chi connectivity index (χ3n) is 1.83. The van der Waals surface area contributed by atoms with E-state index in [0.29, 0.717) is 5.88 Å². The van der Waals surface area contributed by atoms with Crippen LogP contribution in [0.5, 0.6) is 0 Å². The molecule has 0 radical (unpaired) electrons. The highest BCUT2D eigenvalue weighted by molar-refractivity contribution is 6.17. The van der Waals surface area contributed by atoms with Crippen molar-refractivity contribution in [2.75, 3.05) is 13.7 Å². The van der Waals surface area contributed by atoms with E-state index in [4.69, 9.17) is 16.3 Å². The summed E-state index contributed by atoms with van der Waals surface area (Å²) in [4.78, 5) is 0. The van der Waals surface area contributed by atoms with Crippen molar-refractivity contribution in [3.63, 3.8) is 0 Å². The van der Waals surface area contributed by atoms with Gasteiger partial charge in [-0.2, -0.15) is 5.10 Å². The van der Waals surface area contributed by atoms with Crippen LogP contribution in [-0.2, 0) is 17.2 Å². The summed E-state index contributed by atoms with van der Waals surface area (Å²) in [5, 5.41) is 4.18. The first kappa shape index (κ1) is 10.5. The van der Waals surface area contributed by atoms with Crippen molar-refractivity contribution in [3.8, 4) is 0 Å². The zero-order chi connectivity index (χ0) is 9.52. The summed E-state index contributed by atoms with van der Waals surface area (Å²) in [6.07, 6.45) is 5.97. The molecule has 0 unspecified atom stereocenters. The number of methoxy groups -OCH3 is 1. The van der Waals surface area contributed by atoms with Crippen LogP contribution >= 0.6 is 11.6 Å². The fourth-order valence-electron chi connectivity index (χ4n) is 1.12. The molecule has 0 amide bonds. The monoisotopic (exact) mass is 202 g/mol. The number of hydrogen-bond acceptors (Lipinski definition) is 2. The molecule has 0 fully saturated rings. The lowest BCUT2D eigenvalue weighted by atomic mass is 10.3. The minimum Gasteiger partial charge on any atom is -0.385 e. The molecule has 0 saturated carbocycles. The molecule has 1 heterocycles. The van der Waals surface area contributed by atoms with Gasteiger partial charge >= 0.3 is 0 Å². The van der Waals surface area contributed by atoms with Crippen molar-refractivity contribution >= 4 is 11.6 Å². The van der Waals surface area contributed by atoms with E-state index in [1.54, 1.807) is 7.11 Å². The number of aromatic nitrogens is 2. The molecule has 0 atom stereocenters. The van der Waals surface area contributed by atoms with Gasteiger partial charge in [0.2, 0.25) is 0 Å². The van der Waals surface area contributed by atoms with Crippen LogP contribution in [0.4, 0.5) is 0 Å². The van der Waals surface area contributed by atoms with Gasteiger partial charge < -0.3 is 4.74 Å². The number of aryl methyl sites for hydroxylation is 1. The van der Waals surface area contributed by atoms with Crippen LogP contribution in [0.2, 0.25) is 0 Å². The van der Waals surface area contributed by atoms with Crippen molar-refractivity contribution < 1.29 is 4.74 Å². The molecule has 3 nitrogen and oxygen atoms in total. The summed E-state index contributed by atoms with van der Waals surface area (Å²) in [6.45, 7) is 1.77. The van der Waals surface area contributed by atoms with Gasteiger partial charge in [-0.05, 0) is 12.8 Å². The Labute approximate surface area is 83.6 Å². The third-order valence-corrected chi connectivity index (χ3v) is 2.14. The Balaban J connectivity index is 2.20. The maximum atomic E-state index is 5.65. The predicted molar refractivity (Wildman–Crippen MR) is 52.9 cm³/mol.